The number of nitrogens with zero attached hydrogens (tertiary/aromatic N) is 1. The third kappa shape index (κ3) is 6.20. The Morgan fingerprint density at radius 2 is 1.12 bits per heavy atom. The van der Waals surface area contributed by atoms with E-state index in [2.05, 4.69) is 234 Å². The van der Waals surface area contributed by atoms with Crippen molar-refractivity contribution < 1.29 is 0 Å². The number of hydrogen-bond donors (Lipinski definition) is 0. The fourth-order valence-corrected chi connectivity index (χ4v) is 11.8. The van der Waals surface area contributed by atoms with Crippen LogP contribution < -0.4 is 4.90 Å². The first-order valence-electron chi connectivity index (χ1n) is 24.0. The van der Waals surface area contributed by atoms with Crippen molar-refractivity contribution >= 4 is 66.1 Å². The second-order valence-corrected chi connectivity index (χ2v) is 18.8. The molecule has 8 aromatic rings. The monoisotopic (exact) mass is 851 g/mol. The number of fused-ring (bicyclic) bond motifs is 8. The Labute approximate surface area is 391 Å². The highest BCUT2D eigenvalue weighted by Gasteiger charge is 2.49. The predicted octanol–water partition coefficient (Wildman–Crippen LogP) is 18.1. The summed E-state index contributed by atoms with van der Waals surface area (Å²) in [6.45, 7) is 16.1. The summed E-state index contributed by atoms with van der Waals surface area (Å²) in [6, 6.07) is 59.9. The molecule has 8 aromatic carbocycles. The summed E-state index contributed by atoms with van der Waals surface area (Å²) in [5.74, 6) is 0. The second-order valence-electron chi connectivity index (χ2n) is 18.8. The first-order chi connectivity index (χ1) is 32.3. The minimum atomic E-state index is -0.552. The maximum absolute atomic E-state index is 4.72. The van der Waals surface area contributed by atoms with Gasteiger partial charge in [0.05, 0.1) is 11.1 Å². The summed E-state index contributed by atoms with van der Waals surface area (Å²) in [6.07, 6.45) is 18.0. The van der Waals surface area contributed by atoms with Crippen LogP contribution in [0.15, 0.2) is 212 Å². The van der Waals surface area contributed by atoms with Crippen LogP contribution in [-0.2, 0) is 10.8 Å². The van der Waals surface area contributed by atoms with Crippen molar-refractivity contribution in [3.63, 3.8) is 0 Å². The van der Waals surface area contributed by atoms with Gasteiger partial charge < -0.3 is 4.90 Å². The average Bonchev–Trinajstić information content (AvgIpc) is 3.74. The van der Waals surface area contributed by atoms with E-state index in [1.165, 1.54) is 105 Å². The molecule has 0 heterocycles. The van der Waals surface area contributed by atoms with E-state index in [9.17, 15) is 0 Å². The van der Waals surface area contributed by atoms with E-state index >= 15 is 0 Å². The van der Waals surface area contributed by atoms with E-state index in [1.807, 2.05) is 0 Å². The van der Waals surface area contributed by atoms with Crippen LogP contribution in [0.1, 0.15) is 99.2 Å². The molecule has 0 atom stereocenters. The van der Waals surface area contributed by atoms with Gasteiger partial charge in [0, 0.05) is 22.4 Å². The summed E-state index contributed by atoms with van der Waals surface area (Å²) in [7, 11) is 0. The molecule has 0 unspecified atom stereocenters. The van der Waals surface area contributed by atoms with Crippen LogP contribution >= 0.6 is 0 Å². The van der Waals surface area contributed by atoms with E-state index in [4.69, 9.17) is 6.58 Å². The van der Waals surface area contributed by atoms with Gasteiger partial charge in [0.2, 0.25) is 0 Å². The average molecular weight is 852 g/mol. The summed E-state index contributed by atoms with van der Waals surface area (Å²) in [5, 5.41) is 7.63. The van der Waals surface area contributed by atoms with Gasteiger partial charge in [-0.15, -0.1) is 0 Å². The van der Waals surface area contributed by atoms with Crippen molar-refractivity contribution in [2.24, 2.45) is 0 Å². The fraction of sp³-hybridized carbons (Fsp3) is 0.169. The first kappa shape index (κ1) is 41.5. The zero-order valence-electron chi connectivity index (χ0n) is 39.0. The molecule has 1 nitrogen and oxygen atoms in total. The lowest BCUT2D eigenvalue weighted by molar-refractivity contribution is 0.663. The maximum Gasteiger partial charge on any atom is 0.0711 e. The molecule has 66 heavy (non-hydrogen) atoms. The standard InChI is InChI=1S/C65H57N/c1-7-23-49-43(4)64(5,6)61-40-48(36-38-56(49)61)66(47-35-37-54-52-33-20-19-31-50(52)51-32-21-22-34-53(51)58(54)39-47)63-42-62-59(41-57(63)44-25-13-10-14-26-44)55(24-8-2)60(9-3)65(62,45-27-15-11-16-28-45)46-29-17-12-18-30-46/h9-13,15-25,27-42H,4,7-8,14,26H2,1-3,5-6H3/b49-23+,55-24-,60-9+. The quantitative estimate of drug-likeness (QED) is 0.138. The van der Waals surface area contributed by atoms with Gasteiger partial charge in [0.15, 0.2) is 0 Å². The van der Waals surface area contributed by atoms with Crippen LogP contribution in [0.4, 0.5) is 17.1 Å². The molecule has 0 saturated heterocycles. The van der Waals surface area contributed by atoms with Crippen LogP contribution in [-0.4, -0.2) is 0 Å². The number of benzene rings is 8. The molecule has 0 spiro atoms. The van der Waals surface area contributed by atoms with Gasteiger partial charge in [-0.3, -0.25) is 0 Å². The van der Waals surface area contributed by atoms with Gasteiger partial charge >= 0.3 is 0 Å². The summed E-state index contributed by atoms with van der Waals surface area (Å²) < 4.78 is 0. The van der Waals surface area contributed by atoms with Crippen LogP contribution in [0.5, 0.6) is 0 Å². The first-order valence-corrected chi connectivity index (χ1v) is 24.0. The number of allylic oxidation sites excluding steroid dienone is 11. The Morgan fingerprint density at radius 1 is 0.561 bits per heavy atom. The predicted molar refractivity (Wildman–Crippen MR) is 285 cm³/mol. The van der Waals surface area contributed by atoms with E-state index in [0.717, 1.165) is 37.1 Å². The Kier molecular flexibility index (Phi) is 10.3. The minimum absolute atomic E-state index is 0.232. The van der Waals surface area contributed by atoms with Crippen molar-refractivity contribution in [2.45, 2.75) is 71.1 Å². The van der Waals surface area contributed by atoms with Crippen LogP contribution in [0.25, 0.3) is 49.0 Å². The molecule has 322 valence electrons. The molecule has 3 aliphatic carbocycles. The van der Waals surface area contributed by atoms with E-state index in [0.29, 0.717) is 0 Å². The summed E-state index contributed by atoms with van der Waals surface area (Å²) in [4.78, 5) is 2.59. The van der Waals surface area contributed by atoms with Gasteiger partial charge in [0.25, 0.3) is 0 Å². The largest absolute Gasteiger partial charge is 0.310 e. The highest BCUT2D eigenvalue weighted by Crippen LogP contribution is 2.60. The van der Waals surface area contributed by atoms with Gasteiger partial charge in [-0.25, -0.2) is 0 Å². The Balaban J connectivity index is 1.29. The van der Waals surface area contributed by atoms with Crippen molar-refractivity contribution in [1.29, 1.82) is 0 Å². The summed E-state index contributed by atoms with van der Waals surface area (Å²) >= 11 is 0. The normalized spacial score (nSPS) is 17.9. The highest BCUT2D eigenvalue weighted by atomic mass is 15.1. The number of hydrogen-bond acceptors (Lipinski definition) is 1. The molecule has 0 fully saturated rings. The Hall–Kier alpha value is -7.22. The molecule has 11 rings (SSSR count). The molecular formula is C65H57N. The Bertz CT molecular complexity index is 3350. The number of anilines is 3. The Morgan fingerprint density at radius 3 is 1.71 bits per heavy atom. The SMILES string of the molecule is C=C1/C(=C\CC)c2ccc(N(c3ccc4c5ccccc5c5ccccc5c4c3)c3cc4c(cc3C3=CC=CCC3)C(=C/CC)/C(=C\C)C4(c3ccccc3)c3ccccc3)cc2C1(C)C. The van der Waals surface area contributed by atoms with E-state index in [-0.39, 0.29) is 5.41 Å². The molecule has 0 amide bonds. The molecule has 0 radical (unpaired) electrons. The number of rotatable bonds is 8. The van der Waals surface area contributed by atoms with Crippen molar-refractivity contribution in [1.82, 2.24) is 0 Å². The van der Waals surface area contributed by atoms with Crippen molar-refractivity contribution in [2.75, 3.05) is 4.90 Å². The third-order valence-corrected chi connectivity index (χ3v) is 14.9. The minimum Gasteiger partial charge on any atom is -0.310 e. The van der Waals surface area contributed by atoms with Gasteiger partial charge in [-0.05, 0) is 163 Å². The van der Waals surface area contributed by atoms with Crippen LogP contribution in [0, 0.1) is 0 Å². The highest BCUT2D eigenvalue weighted by molar-refractivity contribution is 6.26. The van der Waals surface area contributed by atoms with Crippen LogP contribution in [0.3, 0.4) is 0 Å². The topological polar surface area (TPSA) is 3.24 Å². The lowest BCUT2D eigenvalue weighted by Crippen LogP contribution is -2.29. The third-order valence-electron chi connectivity index (χ3n) is 14.9. The maximum atomic E-state index is 4.72. The lowest BCUT2D eigenvalue weighted by Gasteiger charge is -2.36. The molecular weight excluding hydrogens is 795 g/mol. The smallest absolute Gasteiger partial charge is 0.0711 e. The molecule has 0 bridgehead atoms. The molecule has 0 aliphatic heterocycles. The molecule has 0 aromatic heterocycles. The lowest BCUT2D eigenvalue weighted by atomic mass is 9.67. The fourth-order valence-electron chi connectivity index (χ4n) is 11.8. The van der Waals surface area contributed by atoms with E-state index < -0.39 is 5.41 Å². The zero-order chi connectivity index (χ0) is 45.2. The zero-order valence-corrected chi connectivity index (χ0v) is 39.0. The van der Waals surface area contributed by atoms with Crippen molar-refractivity contribution in [3.8, 4) is 0 Å². The van der Waals surface area contributed by atoms with Crippen molar-refractivity contribution in [3.05, 3.63) is 251 Å². The molecule has 1 heteroatoms. The second kappa shape index (κ2) is 16.3. The van der Waals surface area contributed by atoms with Gasteiger partial charge in [-0.2, -0.15) is 0 Å². The van der Waals surface area contributed by atoms with Gasteiger partial charge in [-0.1, -0.05) is 192 Å². The molecule has 3 aliphatic rings. The summed E-state index contributed by atoms with van der Waals surface area (Å²) in [5.41, 5.74) is 18.2. The molecule has 0 N–H and O–H groups in total. The van der Waals surface area contributed by atoms with Gasteiger partial charge in [0.1, 0.15) is 0 Å². The molecule has 0 saturated carbocycles. The van der Waals surface area contributed by atoms with Crippen LogP contribution in [0.2, 0.25) is 0 Å². The van der Waals surface area contributed by atoms with E-state index in [1.54, 1.807) is 0 Å².